The van der Waals surface area contributed by atoms with Gasteiger partial charge in [-0.05, 0) is 42.0 Å². The molecule has 2 aromatic rings. The summed E-state index contributed by atoms with van der Waals surface area (Å²) < 4.78 is 18.9. The summed E-state index contributed by atoms with van der Waals surface area (Å²) in [6, 6.07) is 15.7. The number of halogens is 1. The molecule has 1 heterocycles. The summed E-state index contributed by atoms with van der Waals surface area (Å²) in [6.45, 7) is 3.89. The number of Topliss-reactive ketones (excluding diaryl/α,β-unsaturated/α-hetero) is 1. The molecule has 1 aliphatic rings. The SMILES string of the molecule is CC(C)CC(NC(=O)CN)C(=O)NC(F)C(=O)CCc1ccccc1.O=C1OCc2cccc1c2. The van der Waals surface area contributed by atoms with E-state index in [2.05, 4.69) is 5.32 Å². The van der Waals surface area contributed by atoms with Crippen LogP contribution >= 0.6 is 0 Å². The number of ketones is 1. The van der Waals surface area contributed by atoms with Crippen LogP contribution in [0.25, 0.3) is 0 Å². The fourth-order valence-electron chi connectivity index (χ4n) is 3.32. The Kier molecular flexibility index (Phi) is 11.0. The molecule has 0 aliphatic carbocycles. The van der Waals surface area contributed by atoms with Crippen molar-refractivity contribution in [2.24, 2.45) is 11.7 Å². The third-order valence-electron chi connectivity index (χ3n) is 5.13. The minimum absolute atomic E-state index is 0.0184. The zero-order valence-corrected chi connectivity index (χ0v) is 20.0. The second-order valence-electron chi connectivity index (χ2n) is 8.55. The Morgan fingerprint density at radius 3 is 2.40 bits per heavy atom. The number of nitrogens with one attached hydrogen (secondary N) is 2. The highest BCUT2D eigenvalue weighted by Gasteiger charge is 2.26. The molecule has 0 spiro atoms. The van der Waals surface area contributed by atoms with Gasteiger partial charge in [0.05, 0.1) is 12.1 Å². The van der Waals surface area contributed by atoms with E-state index in [0.717, 1.165) is 11.1 Å². The number of hydrogen-bond acceptors (Lipinski definition) is 6. The standard InChI is InChI=1S/C18H26FN3O3.C8H6O2/c1-12(2)10-14(21-16(24)11-20)18(25)22-17(19)15(23)9-8-13-6-4-3-5-7-13;9-8-7-3-1-2-6(4-7)5-10-8/h3-7,12,14,17H,8-11,20H2,1-2H3,(H,21,24)(H,22,25);1-4H,5H2. The predicted molar refractivity (Wildman–Crippen MR) is 129 cm³/mol. The van der Waals surface area contributed by atoms with Crippen LogP contribution in [0.5, 0.6) is 0 Å². The van der Waals surface area contributed by atoms with Crippen molar-refractivity contribution >= 4 is 23.6 Å². The van der Waals surface area contributed by atoms with Crippen molar-refractivity contribution in [1.82, 2.24) is 10.6 Å². The Labute approximate surface area is 204 Å². The number of fused-ring (bicyclic) bond motifs is 2. The van der Waals surface area contributed by atoms with E-state index in [1.807, 2.05) is 67.7 Å². The maximum Gasteiger partial charge on any atom is 0.338 e. The number of ether oxygens (including phenoxy) is 1. The predicted octanol–water partition coefficient (Wildman–Crippen LogP) is 2.45. The zero-order valence-electron chi connectivity index (χ0n) is 20.0. The average molecular weight is 486 g/mol. The first-order valence-electron chi connectivity index (χ1n) is 11.5. The van der Waals surface area contributed by atoms with Gasteiger partial charge in [0.2, 0.25) is 18.1 Å². The van der Waals surface area contributed by atoms with Crippen LogP contribution in [0.1, 0.15) is 48.2 Å². The normalized spacial score (nSPS) is 13.6. The second kappa shape index (κ2) is 14.0. The molecule has 188 valence electrons. The van der Waals surface area contributed by atoms with Crippen LogP contribution in [-0.4, -0.2) is 42.4 Å². The van der Waals surface area contributed by atoms with Gasteiger partial charge in [0.1, 0.15) is 12.6 Å². The number of benzene rings is 2. The van der Waals surface area contributed by atoms with Gasteiger partial charge < -0.3 is 21.1 Å². The summed E-state index contributed by atoms with van der Waals surface area (Å²) >= 11 is 0. The molecule has 1 aliphatic heterocycles. The van der Waals surface area contributed by atoms with E-state index in [9.17, 15) is 23.6 Å². The van der Waals surface area contributed by atoms with Crippen LogP contribution in [0.15, 0.2) is 54.6 Å². The third kappa shape index (κ3) is 9.66. The van der Waals surface area contributed by atoms with Gasteiger partial charge in [0, 0.05) is 6.42 Å². The number of esters is 1. The Balaban J connectivity index is 0.000000353. The molecule has 3 rings (SSSR count). The molecule has 0 saturated heterocycles. The molecule has 0 fully saturated rings. The van der Waals surface area contributed by atoms with Crippen LogP contribution in [0.3, 0.4) is 0 Å². The fourth-order valence-corrected chi connectivity index (χ4v) is 3.32. The Bertz CT molecular complexity index is 1010. The minimum atomic E-state index is -2.10. The van der Waals surface area contributed by atoms with Gasteiger partial charge in [0.15, 0.2) is 5.78 Å². The molecule has 0 radical (unpaired) electrons. The van der Waals surface area contributed by atoms with Gasteiger partial charge in [-0.25, -0.2) is 9.18 Å². The number of amides is 2. The largest absolute Gasteiger partial charge is 0.457 e. The molecule has 4 N–H and O–H groups in total. The van der Waals surface area contributed by atoms with Gasteiger partial charge in [-0.2, -0.15) is 0 Å². The number of aryl methyl sites for hydroxylation is 1. The van der Waals surface area contributed by atoms with Crippen molar-refractivity contribution in [1.29, 1.82) is 0 Å². The maximum atomic E-state index is 14.0. The lowest BCUT2D eigenvalue weighted by atomic mass is 10.0. The fraction of sp³-hybridized carbons (Fsp3) is 0.385. The Hall–Kier alpha value is -3.59. The van der Waals surface area contributed by atoms with Gasteiger partial charge in [-0.15, -0.1) is 0 Å². The van der Waals surface area contributed by atoms with Crippen molar-refractivity contribution in [2.75, 3.05) is 6.54 Å². The quantitative estimate of drug-likeness (QED) is 0.350. The van der Waals surface area contributed by atoms with E-state index in [1.54, 1.807) is 6.07 Å². The van der Waals surface area contributed by atoms with E-state index in [1.165, 1.54) is 0 Å². The maximum absolute atomic E-state index is 14.0. The second-order valence-corrected chi connectivity index (χ2v) is 8.55. The van der Waals surface area contributed by atoms with Crippen molar-refractivity contribution < 1.29 is 28.3 Å². The molecule has 2 bridgehead atoms. The third-order valence-corrected chi connectivity index (χ3v) is 5.13. The summed E-state index contributed by atoms with van der Waals surface area (Å²) in [4.78, 5) is 46.3. The summed E-state index contributed by atoms with van der Waals surface area (Å²) in [6.07, 6.45) is -1.39. The van der Waals surface area contributed by atoms with Crippen LogP contribution in [0.4, 0.5) is 4.39 Å². The molecular weight excluding hydrogens is 453 g/mol. The first kappa shape index (κ1) is 27.7. The van der Waals surface area contributed by atoms with E-state index in [-0.39, 0.29) is 24.9 Å². The van der Waals surface area contributed by atoms with Crippen molar-refractivity contribution in [3.8, 4) is 0 Å². The van der Waals surface area contributed by atoms with Gasteiger partial charge in [-0.3, -0.25) is 14.4 Å². The molecule has 2 aromatic carbocycles. The molecule has 2 amide bonds. The number of alkyl halides is 1. The smallest absolute Gasteiger partial charge is 0.338 e. The van der Waals surface area contributed by atoms with Crippen LogP contribution in [0.2, 0.25) is 0 Å². The number of carbonyl (C=O) groups is 4. The van der Waals surface area contributed by atoms with Gasteiger partial charge in [0.25, 0.3) is 0 Å². The van der Waals surface area contributed by atoms with E-state index in [4.69, 9.17) is 10.5 Å². The van der Waals surface area contributed by atoms with E-state index < -0.39 is 29.9 Å². The minimum Gasteiger partial charge on any atom is -0.457 e. The molecule has 2 unspecified atom stereocenters. The molecule has 0 aromatic heterocycles. The molecule has 8 nitrogen and oxygen atoms in total. The van der Waals surface area contributed by atoms with Crippen molar-refractivity contribution in [2.45, 2.75) is 52.1 Å². The lowest BCUT2D eigenvalue weighted by molar-refractivity contribution is -0.134. The number of cyclic esters (lactones) is 1. The summed E-state index contributed by atoms with van der Waals surface area (Å²) in [5, 5.41) is 4.49. The van der Waals surface area contributed by atoms with Crippen LogP contribution in [0, 0.1) is 5.92 Å². The monoisotopic (exact) mass is 485 g/mol. The molecule has 9 heteroatoms. The molecular formula is C26H32FN3O5. The highest BCUT2D eigenvalue weighted by molar-refractivity contribution is 5.92. The first-order chi connectivity index (χ1) is 16.7. The average Bonchev–Trinajstić information content (AvgIpc) is 2.85. The zero-order chi connectivity index (χ0) is 25.8. The Morgan fingerprint density at radius 2 is 1.77 bits per heavy atom. The Morgan fingerprint density at radius 1 is 1.06 bits per heavy atom. The van der Waals surface area contributed by atoms with Crippen LogP contribution < -0.4 is 16.4 Å². The van der Waals surface area contributed by atoms with E-state index >= 15 is 0 Å². The molecule has 35 heavy (non-hydrogen) atoms. The van der Waals surface area contributed by atoms with E-state index in [0.29, 0.717) is 25.0 Å². The molecule has 2 atom stereocenters. The number of carbonyl (C=O) groups excluding carboxylic acids is 4. The van der Waals surface area contributed by atoms with Gasteiger partial charge >= 0.3 is 5.97 Å². The highest BCUT2D eigenvalue weighted by Crippen LogP contribution is 2.14. The van der Waals surface area contributed by atoms with Crippen LogP contribution in [-0.2, 0) is 32.1 Å². The topological polar surface area (TPSA) is 128 Å². The first-order valence-corrected chi connectivity index (χ1v) is 11.5. The molecule has 0 saturated carbocycles. The number of hydrogen-bond donors (Lipinski definition) is 3. The van der Waals surface area contributed by atoms with Crippen molar-refractivity contribution in [3.63, 3.8) is 0 Å². The summed E-state index contributed by atoms with van der Waals surface area (Å²) in [5.74, 6) is -2.05. The summed E-state index contributed by atoms with van der Waals surface area (Å²) in [5.41, 5.74) is 7.87. The highest BCUT2D eigenvalue weighted by atomic mass is 19.1. The summed E-state index contributed by atoms with van der Waals surface area (Å²) in [7, 11) is 0. The number of rotatable bonds is 10. The van der Waals surface area contributed by atoms with Crippen molar-refractivity contribution in [3.05, 3.63) is 71.3 Å². The van der Waals surface area contributed by atoms with Gasteiger partial charge in [-0.1, -0.05) is 56.3 Å². The lowest BCUT2D eigenvalue weighted by Crippen LogP contribution is -2.52. The number of nitrogens with two attached hydrogens (primary N) is 1. The lowest BCUT2D eigenvalue weighted by Gasteiger charge is -2.21.